The molecule has 2 aromatic rings. The lowest BCUT2D eigenvalue weighted by atomic mass is 10.2. The van der Waals surface area contributed by atoms with Crippen LogP contribution in [-0.4, -0.2) is 62.9 Å². The lowest BCUT2D eigenvalue weighted by molar-refractivity contribution is 0.249. The van der Waals surface area contributed by atoms with Gasteiger partial charge in [0.2, 0.25) is 10.0 Å². The van der Waals surface area contributed by atoms with Crippen molar-refractivity contribution in [1.29, 1.82) is 5.26 Å². The summed E-state index contributed by atoms with van der Waals surface area (Å²) in [5, 5.41) is 9.25. The molecule has 27 heavy (non-hydrogen) atoms. The zero-order chi connectivity index (χ0) is 19.4. The van der Waals surface area contributed by atoms with Crippen molar-refractivity contribution in [2.75, 3.05) is 45.2 Å². The van der Waals surface area contributed by atoms with Crippen LogP contribution in [0.2, 0.25) is 0 Å². The summed E-state index contributed by atoms with van der Waals surface area (Å²) in [6.07, 6.45) is 1.71. The minimum atomic E-state index is -3.43. The fourth-order valence-corrected chi connectivity index (χ4v) is 4.10. The van der Waals surface area contributed by atoms with Crippen molar-refractivity contribution in [3.8, 4) is 6.07 Å². The summed E-state index contributed by atoms with van der Waals surface area (Å²) < 4.78 is 25.8. The summed E-state index contributed by atoms with van der Waals surface area (Å²) in [5.41, 5.74) is 1.56. The first-order valence-corrected chi connectivity index (χ1v) is 10.2. The van der Waals surface area contributed by atoms with Gasteiger partial charge in [-0.3, -0.25) is 4.90 Å². The number of nitriles is 1. The van der Waals surface area contributed by atoms with Gasteiger partial charge in [-0.25, -0.2) is 17.7 Å². The number of rotatable bonds is 5. The van der Waals surface area contributed by atoms with Crippen molar-refractivity contribution in [2.45, 2.75) is 11.4 Å². The third-order valence-corrected chi connectivity index (χ3v) is 6.47. The van der Waals surface area contributed by atoms with Crippen LogP contribution in [0.1, 0.15) is 11.1 Å². The monoisotopic (exact) mass is 385 g/mol. The molecule has 1 aromatic carbocycles. The predicted molar refractivity (Wildman–Crippen MR) is 104 cm³/mol. The number of sulfonamides is 1. The summed E-state index contributed by atoms with van der Waals surface area (Å²) in [6.45, 7) is 3.90. The van der Waals surface area contributed by atoms with Gasteiger partial charge in [-0.15, -0.1) is 0 Å². The molecule has 0 bridgehead atoms. The van der Waals surface area contributed by atoms with Crippen molar-refractivity contribution in [1.82, 2.24) is 14.2 Å². The molecule has 1 aliphatic heterocycles. The van der Waals surface area contributed by atoms with Gasteiger partial charge < -0.3 is 4.90 Å². The molecule has 3 rings (SSSR count). The van der Waals surface area contributed by atoms with E-state index in [9.17, 15) is 13.7 Å². The number of aromatic nitrogens is 1. The highest BCUT2D eigenvalue weighted by molar-refractivity contribution is 7.89. The number of anilines is 1. The Bertz CT molecular complexity index is 945. The van der Waals surface area contributed by atoms with E-state index < -0.39 is 10.0 Å². The molecule has 142 valence electrons. The van der Waals surface area contributed by atoms with Gasteiger partial charge in [0.1, 0.15) is 11.9 Å². The van der Waals surface area contributed by atoms with E-state index in [-0.39, 0.29) is 0 Å². The molecule has 2 heterocycles. The van der Waals surface area contributed by atoms with Crippen molar-refractivity contribution in [3.63, 3.8) is 0 Å². The second-order valence-corrected chi connectivity index (χ2v) is 8.84. The Hall–Kier alpha value is -2.47. The summed E-state index contributed by atoms with van der Waals surface area (Å²) in [7, 11) is -0.353. The standard InChI is InChI=1S/C19H23N5O2S/c1-22(2)27(25,26)18-7-3-5-16(13-18)15-23-9-11-24(12-10-23)19-17(14-20)6-4-8-21-19/h3-8,13H,9-12,15H2,1-2H3. The third kappa shape index (κ3) is 4.27. The Kier molecular flexibility index (Phi) is 5.75. The van der Waals surface area contributed by atoms with E-state index in [1.165, 1.54) is 18.4 Å². The molecule has 0 spiro atoms. The Balaban J connectivity index is 1.66. The summed E-state index contributed by atoms with van der Waals surface area (Å²) in [6, 6.07) is 12.9. The van der Waals surface area contributed by atoms with Gasteiger partial charge in [0.15, 0.2) is 0 Å². The van der Waals surface area contributed by atoms with Crippen LogP contribution in [-0.2, 0) is 16.6 Å². The molecule has 8 heteroatoms. The van der Waals surface area contributed by atoms with Crippen molar-refractivity contribution < 1.29 is 8.42 Å². The molecule has 1 aliphatic rings. The molecule has 0 aliphatic carbocycles. The Morgan fingerprint density at radius 3 is 2.56 bits per heavy atom. The SMILES string of the molecule is CN(C)S(=O)(=O)c1cccc(CN2CCN(c3ncccc3C#N)CC2)c1. The van der Waals surface area contributed by atoms with Crippen LogP contribution in [0, 0.1) is 11.3 Å². The van der Waals surface area contributed by atoms with Gasteiger partial charge >= 0.3 is 0 Å². The Morgan fingerprint density at radius 1 is 1.15 bits per heavy atom. The normalized spacial score (nSPS) is 15.7. The predicted octanol–water partition coefficient (Wildman–Crippen LogP) is 1.53. The molecular formula is C19H23N5O2S. The Labute approximate surface area is 160 Å². The lowest BCUT2D eigenvalue weighted by Gasteiger charge is -2.35. The van der Waals surface area contributed by atoms with Crippen molar-refractivity contribution in [3.05, 3.63) is 53.7 Å². The highest BCUT2D eigenvalue weighted by atomic mass is 32.2. The average molecular weight is 385 g/mol. The largest absolute Gasteiger partial charge is 0.353 e. The van der Waals surface area contributed by atoms with Crippen LogP contribution in [0.25, 0.3) is 0 Å². The van der Waals surface area contributed by atoms with Crippen molar-refractivity contribution >= 4 is 15.8 Å². The number of piperazine rings is 1. The molecule has 1 aromatic heterocycles. The molecule has 0 saturated carbocycles. The van der Waals surface area contributed by atoms with Gasteiger partial charge in [0.05, 0.1) is 10.5 Å². The van der Waals surface area contributed by atoms with Crippen LogP contribution in [0.5, 0.6) is 0 Å². The van der Waals surface area contributed by atoms with Crippen LogP contribution < -0.4 is 4.90 Å². The van der Waals surface area contributed by atoms with E-state index in [4.69, 9.17) is 0 Å². The van der Waals surface area contributed by atoms with E-state index in [1.807, 2.05) is 6.07 Å². The Morgan fingerprint density at radius 2 is 1.89 bits per heavy atom. The quantitative estimate of drug-likeness (QED) is 0.776. The van der Waals surface area contributed by atoms with E-state index in [2.05, 4.69) is 20.9 Å². The van der Waals surface area contributed by atoms with E-state index in [0.29, 0.717) is 17.0 Å². The first-order valence-electron chi connectivity index (χ1n) is 8.75. The van der Waals surface area contributed by atoms with Gasteiger partial charge in [-0.05, 0) is 29.8 Å². The van der Waals surface area contributed by atoms with Crippen LogP contribution >= 0.6 is 0 Å². The summed E-state index contributed by atoms with van der Waals surface area (Å²) in [4.78, 5) is 9.08. The molecule has 0 unspecified atom stereocenters. The van der Waals surface area contributed by atoms with Gasteiger partial charge in [0, 0.05) is 53.0 Å². The summed E-state index contributed by atoms with van der Waals surface area (Å²) >= 11 is 0. The maximum Gasteiger partial charge on any atom is 0.242 e. The van der Waals surface area contributed by atoms with Crippen LogP contribution in [0.15, 0.2) is 47.5 Å². The van der Waals surface area contributed by atoms with Crippen LogP contribution in [0.4, 0.5) is 5.82 Å². The van der Waals surface area contributed by atoms with E-state index >= 15 is 0 Å². The fraction of sp³-hybridized carbons (Fsp3) is 0.368. The highest BCUT2D eigenvalue weighted by Gasteiger charge is 2.21. The second-order valence-electron chi connectivity index (χ2n) is 6.68. The number of nitrogens with zero attached hydrogens (tertiary/aromatic N) is 5. The van der Waals surface area contributed by atoms with E-state index in [0.717, 1.165) is 37.6 Å². The number of hydrogen-bond donors (Lipinski definition) is 0. The van der Waals surface area contributed by atoms with Gasteiger partial charge in [0.25, 0.3) is 0 Å². The summed E-state index contributed by atoms with van der Waals surface area (Å²) in [5.74, 6) is 0.735. The second kappa shape index (κ2) is 8.05. The zero-order valence-electron chi connectivity index (χ0n) is 15.5. The molecule has 0 N–H and O–H groups in total. The van der Waals surface area contributed by atoms with Gasteiger partial charge in [-0.2, -0.15) is 5.26 Å². The van der Waals surface area contributed by atoms with Crippen LogP contribution in [0.3, 0.4) is 0 Å². The first-order chi connectivity index (χ1) is 12.9. The molecule has 1 fully saturated rings. The first kappa shape index (κ1) is 19.3. The molecule has 7 nitrogen and oxygen atoms in total. The minimum Gasteiger partial charge on any atom is -0.353 e. The molecule has 1 saturated heterocycles. The fourth-order valence-electron chi connectivity index (χ4n) is 3.13. The molecule has 0 radical (unpaired) electrons. The zero-order valence-corrected chi connectivity index (χ0v) is 16.4. The molecular weight excluding hydrogens is 362 g/mol. The highest BCUT2D eigenvalue weighted by Crippen LogP contribution is 2.20. The number of benzene rings is 1. The maximum absolute atomic E-state index is 12.3. The third-order valence-electron chi connectivity index (χ3n) is 4.66. The maximum atomic E-state index is 12.3. The lowest BCUT2D eigenvalue weighted by Crippen LogP contribution is -2.46. The van der Waals surface area contributed by atoms with Gasteiger partial charge in [-0.1, -0.05) is 12.1 Å². The number of hydrogen-bond acceptors (Lipinski definition) is 6. The molecule has 0 atom stereocenters. The molecule has 0 amide bonds. The van der Waals surface area contributed by atoms with E-state index in [1.54, 1.807) is 36.5 Å². The topological polar surface area (TPSA) is 80.5 Å². The van der Waals surface area contributed by atoms with Crippen molar-refractivity contribution in [2.24, 2.45) is 0 Å². The minimum absolute atomic E-state index is 0.316. The smallest absolute Gasteiger partial charge is 0.242 e. The number of pyridine rings is 1. The average Bonchev–Trinajstić information content (AvgIpc) is 2.68.